The fraction of sp³-hybridized carbons (Fsp3) is 0. The first-order valence-corrected chi connectivity index (χ1v) is 0.800. The molecule has 6 nitrogen and oxygen atoms in total. The van der Waals surface area contributed by atoms with Gasteiger partial charge in [0.25, 0.3) is 0 Å². The summed E-state index contributed by atoms with van der Waals surface area (Å²) < 4.78 is 0. The van der Waals surface area contributed by atoms with E-state index >= 15 is 0 Å². The maximum Gasteiger partial charge on any atom is 2.00 e. The molecule has 0 saturated carbocycles. The van der Waals surface area contributed by atoms with Gasteiger partial charge < -0.3 is 22.1 Å². The Morgan fingerprint density at radius 1 is 0.714 bits per heavy atom. The van der Waals surface area contributed by atoms with Crippen molar-refractivity contribution in [2.24, 2.45) is 0 Å². The van der Waals surface area contributed by atoms with Gasteiger partial charge >= 0.3 is 21.1 Å². The van der Waals surface area contributed by atoms with Gasteiger partial charge in [-0.3, -0.25) is 9.82 Å². The smallest absolute Gasteiger partial charge is 0.373 e. The molecular weight excluding hydrogens is 180 g/mol. The van der Waals surface area contributed by atoms with Crippen molar-refractivity contribution in [3.05, 3.63) is 31.9 Å². The molecule has 0 aromatic heterocycles. The Hall–Kier alpha value is -0.692. The van der Waals surface area contributed by atoms with Crippen LogP contribution in [-0.4, -0.2) is 0 Å². The van der Waals surface area contributed by atoms with Crippen LogP contribution in [0.5, 0.6) is 0 Å². The predicted octanol–water partition coefficient (Wildman–Crippen LogP) is 1.73. The van der Waals surface area contributed by atoms with Crippen LogP contribution in [0.25, 0.3) is 31.9 Å². The van der Waals surface area contributed by atoms with Crippen molar-refractivity contribution < 1.29 is 21.1 Å². The molecule has 0 aromatic rings. The van der Waals surface area contributed by atoms with Crippen LogP contribution < -0.4 is 0 Å². The van der Waals surface area contributed by atoms with Crippen molar-refractivity contribution in [1.82, 2.24) is 0 Å². The Bertz CT molecular complexity index is 58.2. The predicted molar refractivity (Wildman–Crippen MR) is 20.2 cm³/mol. The summed E-state index contributed by atoms with van der Waals surface area (Å²) >= 11 is 0. The first-order chi connectivity index (χ1) is 2.83. The fourth-order valence-electron chi connectivity index (χ4n) is 0. The first kappa shape index (κ1) is 16.2. The van der Waals surface area contributed by atoms with Crippen LogP contribution >= 0.6 is 0 Å². The molecule has 7 heavy (non-hydrogen) atoms. The molecule has 0 aliphatic carbocycles. The fourth-order valence-corrected chi connectivity index (χ4v) is 0. The maximum absolute atomic E-state index is 6.75. The van der Waals surface area contributed by atoms with Crippen molar-refractivity contribution in [2.45, 2.75) is 0 Å². The third kappa shape index (κ3) is 121. The van der Waals surface area contributed by atoms with Gasteiger partial charge in [0.15, 0.2) is 0 Å². The van der Waals surface area contributed by atoms with Gasteiger partial charge in [0.2, 0.25) is 0 Å². The second-order valence-corrected chi connectivity index (χ2v) is 0.179. The molecule has 0 spiro atoms. The minimum Gasteiger partial charge on any atom is -0.373 e. The second-order valence-electron chi connectivity index (χ2n) is 0.179. The molecule has 0 rings (SSSR count). The zero-order valence-electron chi connectivity index (χ0n) is 3.09. The van der Waals surface area contributed by atoms with Gasteiger partial charge in [0, 0.05) is 0 Å². The third-order valence-corrected chi connectivity index (χ3v) is 0. The average molecular weight is 180 g/mol. The summed E-state index contributed by atoms with van der Waals surface area (Å²) in [4.78, 5) is 3.00. The maximum atomic E-state index is 6.75. The van der Waals surface area contributed by atoms with E-state index in [9.17, 15) is 0 Å². The quantitative estimate of drug-likeness (QED) is 0.233. The van der Waals surface area contributed by atoms with E-state index < -0.39 is 0 Å². The Balaban J connectivity index is -0.0000000400. The van der Waals surface area contributed by atoms with Gasteiger partial charge in [-0.15, -0.1) is 0 Å². The molecule has 0 atom stereocenters. The largest absolute Gasteiger partial charge is 2.00 e. The summed E-state index contributed by atoms with van der Waals surface area (Å²) in [5.41, 5.74) is 27.0. The van der Waals surface area contributed by atoms with Gasteiger partial charge in [-0.2, -0.15) is 0 Å². The van der Waals surface area contributed by atoms with Crippen molar-refractivity contribution in [3.63, 3.8) is 0 Å². The molecule has 0 fully saturated rings. The summed E-state index contributed by atoms with van der Waals surface area (Å²) in [6, 6.07) is 0. The molecule has 0 N–H and O–H groups in total. The minimum absolute atomic E-state index is 0. The summed E-state index contributed by atoms with van der Waals surface area (Å²) in [5.74, 6) is 0. The van der Waals surface area contributed by atoms with E-state index in [2.05, 4.69) is 0 Å². The van der Waals surface area contributed by atoms with Gasteiger partial charge in [0.1, 0.15) is 0 Å². The Morgan fingerprint density at radius 3 is 0.714 bits per heavy atom. The topological polar surface area (TPSA) is 117 Å². The molecular formula is MoN6. The number of hydrogen-bond acceptors (Lipinski definition) is 0. The molecule has 0 aliphatic rings. The summed E-state index contributed by atoms with van der Waals surface area (Å²) in [6.45, 7) is 0. The van der Waals surface area contributed by atoms with Gasteiger partial charge in [-0.1, -0.05) is 0 Å². The minimum atomic E-state index is 0. The number of hydrogen-bond donors (Lipinski definition) is 0. The molecule has 0 saturated heterocycles. The first-order valence-electron chi connectivity index (χ1n) is 0.800. The van der Waals surface area contributed by atoms with Crippen molar-refractivity contribution >= 4 is 0 Å². The van der Waals surface area contributed by atoms with E-state index in [-0.39, 0.29) is 21.1 Å². The summed E-state index contributed by atoms with van der Waals surface area (Å²) in [7, 11) is 0. The van der Waals surface area contributed by atoms with E-state index in [0.29, 0.717) is 0 Å². The van der Waals surface area contributed by atoms with Crippen molar-refractivity contribution in [1.29, 1.82) is 0 Å². The SMILES string of the molecule is [Mo+2].[N-]=[N+]=[N-].[N-]=[N+]=[N-]. The van der Waals surface area contributed by atoms with E-state index in [1.807, 2.05) is 0 Å². The van der Waals surface area contributed by atoms with E-state index in [0.717, 1.165) is 0 Å². The van der Waals surface area contributed by atoms with E-state index in [1.54, 1.807) is 0 Å². The van der Waals surface area contributed by atoms with Gasteiger partial charge in [0.05, 0.1) is 0 Å². The average Bonchev–Trinajstić information content (AvgIpc) is 1.39. The Kier molecular flexibility index (Phi) is 134. The zero-order chi connectivity index (χ0) is 5.41. The van der Waals surface area contributed by atoms with Crippen LogP contribution in [0.3, 0.4) is 0 Å². The summed E-state index contributed by atoms with van der Waals surface area (Å²) in [5, 5.41) is 0. The van der Waals surface area contributed by atoms with Crippen LogP contribution in [0.2, 0.25) is 0 Å². The molecule has 0 amide bonds. The molecule has 0 radical (unpaired) electrons. The normalized spacial score (nSPS) is 2.29. The second kappa shape index (κ2) is 57.6. The number of nitrogens with zero attached hydrogens (tertiary/aromatic N) is 6. The van der Waals surface area contributed by atoms with E-state index in [4.69, 9.17) is 22.1 Å². The molecule has 0 unspecified atom stereocenters. The summed E-state index contributed by atoms with van der Waals surface area (Å²) in [6.07, 6.45) is 0. The molecule has 0 aromatic carbocycles. The molecule has 0 bridgehead atoms. The van der Waals surface area contributed by atoms with Gasteiger partial charge in [-0.25, -0.2) is 0 Å². The zero-order valence-corrected chi connectivity index (χ0v) is 5.10. The molecule has 36 valence electrons. The van der Waals surface area contributed by atoms with Crippen LogP contribution in [0.15, 0.2) is 0 Å². The van der Waals surface area contributed by atoms with Crippen molar-refractivity contribution in [2.75, 3.05) is 0 Å². The van der Waals surface area contributed by atoms with Crippen LogP contribution in [0.1, 0.15) is 0 Å². The van der Waals surface area contributed by atoms with Crippen LogP contribution in [-0.2, 0) is 21.1 Å². The molecule has 0 aliphatic heterocycles. The Morgan fingerprint density at radius 2 is 0.714 bits per heavy atom. The molecule has 0 heterocycles. The third-order valence-electron chi connectivity index (χ3n) is 0. The Labute approximate surface area is 53.6 Å². The molecule has 7 heteroatoms. The van der Waals surface area contributed by atoms with Crippen LogP contribution in [0.4, 0.5) is 0 Å². The van der Waals surface area contributed by atoms with Crippen LogP contribution in [0, 0.1) is 0 Å². The standard InChI is InChI=1S/Mo.2N3/c;2*1-3-2/q+2;2*-1. The van der Waals surface area contributed by atoms with E-state index in [1.165, 1.54) is 9.82 Å². The van der Waals surface area contributed by atoms with Gasteiger partial charge in [-0.05, 0) is 0 Å². The van der Waals surface area contributed by atoms with Crippen molar-refractivity contribution in [3.8, 4) is 0 Å². The number of rotatable bonds is 0. The monoisotopic (exact) mass is 182 g/mol.